The van der Waals surface area contributed by atoms with Crippen molar-refractivity contribution in [3.63, 3.8) is 0 Å². The summed E-state index contributed by atoms with van der Waals surface area (Å²) in [4.78, 5) is 11.2. The highest BCUT2D eigenvalue weighted by Gasteiger charge is 2.02. The van der Waals surface area contributed by atoms with Crippen LogP contribution in [0.2, 0.25) is 0 Å². The average molecular weight is 378 g/mol. The minimum atomic E-state index is -0.361. The Kier molecular flexibility index (Phi) is 6.35. The normalized spacial score (nSPS) is 10.7. The Morgan fingerprint density at radius 1 is 1.26 bits per heavy atom. The third kappa shape index (κ3) is 5.53. The Bertz CT molecular complexity index is 699. The molecule has 2 aromatic carbocycles. The molecule has 0 bridgehead atoms. The summed E-state index contributed by atoms with van der Waals surface area (Å²) in [7, 11) is 0. The van der Waals surface area contributed by atoms with Crippen LogP contribution in [0, 0.1) is 5.82 Å². The number of nitrogens with one attached hydrogen (secondary N) is 1. The molecule has 2 aromatic rings. The summed E-state index contributed by atoms with van der Waals surface area (Å²) in [5, 5.41) is 3.16. The first-order valence-corrected chi connectivity index (χ1v) is 8.00. The third-order valence-electron chi connectivity index (χ3n) is 3.11. The molecule has 0 aliphatic carbocycles. The zero-order valence-corrected chi connectivity index (χ0v) is 14.3. The summed E-state index contributed by atoms with van der Waals surface area (Å²) >= 11 is 3.24. The number of benzene rings is 2. The predicted molar refractivity (Wildman–Crippen MR) is 93.5 cm³/mol. The van der Waals surface area contributed by atoms with E-state index in [1.165, 1.54) is 12.1 Å². The lowest BCUT2D eigenvalue weighted by atomic mass is 10.1. The molecule has 0 amide bonds. The van der Waals surface area contributed by atoms with Crippen LogP contribution in [0.15, 0.2) is 53.0 Å². The lowest BCUT2D eigenvalue weighted by molar-refractivity contribution is -0.137. The van der Waals surface area contributed by atoms with Gasteiger partial charge in [-0.2, -0.15) is 0 Å². The van der Waals surface area contributed by atoms with E-state index >= 15 is 0 Å². The minimum absolute atomic E-state index is 0.249. The van der Waals surface area contributed by atoms with Crippen LogP contribution in [0.3, 0.4) is 0 Å². The Labute approximate surface area is 143 Å². The number of carbonyl (C=O) groups excluding carboxylic acids is 1. The molecule has 120 valence electrons. The zero-order valence-electron chi connectivity index (χ0n) is 12.7. The summed E-state index contributed by atoms with van der Waals surface area (Å²) in [6.07, 6.45) is 3.08. The highest BCUT2D eigenvalue weighted by molar-refractivity contribution is 9.10. The highest BCUT2D eigenvalue weighted by Crippen LogP contribution is 2.17. The van der Waals surface area contributed by atoms with E-state index in [0.717, 1.165) is 15.7 Å². The lowest BCUT2D eigenvalue weighted by Crippen LogP contribution is -2.01. The van der Waals surface area contributed by atoms with Gasteiger partial charge in [-0.1, -0.05) is 34.1 Å². The van der Waals surface area contributed by atoms with Crippen molar-refractivity contribution in [2.75, 3.05) is 11.9 Å². The lowest BCUT2D eigenvalue weighted by Gasteiger charge is -2.08. The van der Waals surface area contributed by atoms with Gasteiger partial charge < -0.3 is 10.1 Å². The summed E-state index contributed by atoms with van der Waals surface area (Å²) in [6.45, 7) is 2.52. The molecule has 0 saturated carbocycles. The largest absolute Gasteiger partial charge is 0.463 e. The molecule has 3 nitrogen and oxygen atoms in total. The van der Waals surface area contributed by atoms with Crippen molar-refractivity contribution in [3.05, 3.63) is 70.0 Å². The molecule has 0 atom stereocenters. The zero-order chi connectivity index (χ0) is 16.7. The highest BCUT2D eigenvalue weighted by atomic mass is 79.9. The van der Waals surface area contributed by atoms with E-state index in [-0.39, 0.29) is 11.8 Å². The SMILES string of the molecule is CCOC(=O)/C=C/c1ccc(NCc2ccc(Br)cc2F)cc1. The first-order valence-electron chi connectivity index (χ1n) is 7.21. The van der Waals surface area contributed by atoms with Crippen LogP contribution in [0.1, 0.15) is 18.1 Å². The Morgan fingerprint density at radius 2 is 2.00 bits per heavy atom. The summed E-state index contributed by atoms with van der Waals surface area (Å²) in [5.74, 6) is -0.610. The second-order valence-electron chi connectivity index (χ2n) is 4.80. The molecule has 0 saturated heterocycles. The molecule has 0 fully saturated rings. The molecular weight excluding hydrogens is 361 g/mol. The monoisotopic (exact) mass is 377 g/mol. The van der Waals surface area contributed by atoms with Crippen molar-refractivity contribution < 1.29 is 13.9 Å². The molecule has 0 aliphatic heterocycles. The van der Waals surface area contributed by atoms with E-state index < -0.39 is 0 Å². The first-order chi connectivity index (χ1) is 11.1. The molecule has 0 heterocycles. The van der Waals surface area contributed by atoms with Crippen LogP contribution in [0.25, 0.3) is 6.08 Å². The predicted octanol–water partition coefficient (Wildman–Crippen LogP) is 4.78. The van der Waals surface area contributed by atoms with Gasteiger partial charge in [0.25, 0.3) is 0 Å². The summed E-state index contributed by atoms with van der Waals surface area (Å²) in [6, 6.07) is 12.5. The van der Waals surface area contributed by atoms with Gasteiger partial charge in [0.05, 0.1) is 6.61 Å². The Balaban J connectivity index is 1.93. The standard InChI is InChI=1S/C18H17BrFNO2/c1-2-23-18(22)10-5-13-3-8-16(9-4-13)21-12-14-6-7-15(19)11-17(14)20/h3-11,21H,2,12H2,1H3/b10-5+. The van der Waals surface area contributed by atoms with Gasteiger partial charge in [-0.05, 0) is 42.8 Å². The number of halogens is 2. The van der Waals surface area contributed by atoms with Crippen molar-refractivity contribution >= 4 is 33.7 Å². The molecule has 0 spiro atoms. The van der Waals surface area contributed by atoms with E-state index in [1.807, 2.05) is 30.3 Å². The smallest absolute Gasteiger partial charge is 0.330 e. The summed E-state index contributed by atoms with van der Waals surface area (Å²) < 4.78 is 19.3. The molecule has 0 radical (unpaired) electrons. The number of anilines is 1. The van der Waals surface area contributed by atoms with Gasteiger partial charge >= 0.3 is 5.97 Å². The number of hydrogen-bond acceptors (Lipinski definition) is 3. The van der Waals surface area contributed by atoms with E-state index in [2.05, 4.69) is 21.2 Å². The first kappa shape index (κ1) is 17.2. The maximum Gasteiger partial charge on any atom is 0.330 e. The molecule has 23 heavy (non-hydrogen) atoms. The van der Waals surface area contributed by atoms with Gasteiger partial charge in [0.1, 0.15) is 5.82 Å². The number of esters is 1. The van der Waals surface area contributed by atoms with E-state index in [1.54, 1.807) is 19.1 Å². The van der Waals surface area contributed by atoms with E-state index in [9.17, 15) is 9.18 Å². The van der Waals surface area contributed by atoms with Crippen molar-refractivity contribution in [2.45, 2.75) is 13.5 Å². The van der Waals surface area contributed by atoms with Crippen molar-refractivity contribution in [1.82, 2.24) is 0 Å². The fraction of sp³-hybridized carbons (Fsp3) is 0.167. The van der Waals surface area contributed by atoms with E-state index in [4.69, 9.17) is 4.74 Å². The molecule has 0 unspecified atom stereocenters. The molecule has 5 heteroatoms. The van der Waals surface area contributed by atoms with Gasteiger partial charge in [0.15, 0.2) is 0 Å². The number of hydrogen-bond donors (Lipinski definition) is 1. The molecule has 0 aliphatic rings. The fourth-order valence-corrected chi connectivity index (χ4v) is 2.26. The second kappa shape index (κ2) is 8.48. The van der Waals surface area contributed by atoms with Gasteiger partial charge in [0, 0.05) is 28.3 Å². The Morgan fingerprint density at radius 3 is 2.65 bits per heavy atom. The van der Waals surface area contributed by atoms with Crippen molar-refractivity contribution in [1.29, 1.82) is 0 Å². The van der Waals surface area contributed by atoms with Crippen molar-refractivity contribution in [3.8, 4) is 0 Å². The van der Waals surface area contributed by atoms with Crippen LogP contribution >= 0.6 is 15.9 Å². The fourth-order valence-electron chi connectivity index (χ4n) is 1.93. The second-order valence-corrected chi connectivity index (χ2v) is 5.71. The maximum atomic E-state index is 13.7. The van der Waals surface area contributed by atoms with Crippen LogP contribution in [-0.4, -0.2) is 12.6 Å². The van der Waals surface area contributed by atoms with Crippen molar-refractivity contribution in [2.24, 2.45) is 0 Å². The maximum absolute atomic E-state index is 13.7. The van der Waals surface area contributed by atoms with E-state index in [0.29, 0.717) is 18.7 Å². The summed E-state index contributed by atoms with van der Waals surface area (Å²) in [5.41, 5.74) is 2.36. The molecule has 1 N–H and O–H groups in total. The van der Waals surface area contributed by atoms with Crippen LogP contribution in [0.5, 0.6) is 0 Å². The quantitative estimate of drug-likeness (QED) is 0.581. The molecule has 2 rings (SSSR count). The molecule has 0 aromatic heterocycles. The van der Waals surface area contributed by atoms with Crippen LogP contribution < -0.4 is 5.32 Å². The number of rotatable bonds is 6. The van der Waals surface area contributed by atoms with Gasteiger partial charge in [0.2, 0.25) is 0 Å². The number of carbonyl (C=O) groups is 1. The van der Waals surface area contributed by atoms with Crippen LogP contribution in [0.4, 0.5) is 10.1 Å². The minimum Gasteiger partial charge on any atom is -0.463 e. The van der Waals surface area contributed by atoms with Gasteiger partial charge in [-0.15, -0.1) is 0 Å². The topological polar surface area (TPSA) is 38.3 Å². The molecular formula is C18H17BrFNO2. The van der Waals surface area contributed by atoms with Gasteiger partial charge in [-0.25, -0.2) is 9.18 Å². The third-order valence-corrected chi connectivity index (χ3v) is 3.60. The Hall–Kier alpha value is -2.14. The van der Waals surface area contributed by atoms with Gasteiger partial charge in [-0.3, -0.25) is 0 Å². The number of ether oxygens (including phenoxy) is 1. The average Bonchev–Trinajstić information content (AvgIpc) is 2.53. The van der Waals surface area contributed by atoms with Crippen LogP contribution in [-0.2, 0) is 16.1 Å².